The smallest absolute Gasteiger partial charge is 0.337 e. The van der Waals surface area contributed by atoms with Crippen molar-refractivity contribution >= 4 is 17.6 Å². The second kappa shape index (κ2) is 9.35. The van der Waals surface area contributed by atoms with Gasteiger partial charge in [-0.2, -0.15) is 0 Å². The molecule has 24 heavy (non-hydrogen) atoms. The lowest BCUT2D eigenvalue weighted by atomic mass is 10.1. The monoisotopic (exact) mass is 326 g/mol. The SMILES string of the molecule is COC(=O)c1ccc(NCC(=O)NCCCc2ccccc2)cc1. The molecule has 0 fully saturated rings. The topological polar surface area (TPSA) is 67.4 Å². The molecule has 0 spiro atoms. The molecule has 0 unspecified atom stereocenters. The van der Waals surface area contributed by atoms with Gasteiger partial charge in [-0.15, -0.1) is 0 Å². The van der Waals surface area contributed by atoms with Crippen molar-refractivity contribution < 1.29 is 14.3 Å². The van der Waals surface area contributed by atoms with Gasteiger partial charge in [0, 0.05) is 12.2 Å². The first-order valence-corrected chi connectivity index (χ1v) is 7.92. The Morgan fingerprint density at radius 2 is 1.71 bits per heavy atom. The third kappa shape index (κ3) is 5.76. The molecule has 0 heterocycles. The van der Waals surface area contributed by atoms with E-state index in [4.69, 9.17) is 0 Å². The van der Waals surface area contributed by atoms with Gasteiger partial charge >= 0.3 is 5.97 Å². The van der Waals surface area contributed by atoms with Crippen molar-refractivity contribution in [3.05, 3.63) is 65.7 Å². The first-order chi connectivity index (χ1) is 11.7. The fourth-order valence-electron chi connectivity index (χ4n) is 2.25. The lowest BCUT2D eigenvalue weighted by molar-refractivity contribution is -0.119. The lowest BCUT2D eigenvalue weighted by Gasteiger charge is -2.08. The van der Waals surface area contributed by atoms with Crippen LogP contribution < -0.4 is 10.6 Å². The minimum atomic E-state index is -0.377. The zero-order valence-electron chi connectivity index (χ0n) is 13.7. The number of ether oxygens (including phenoxy) is 1. The number of benzene rings is 2. The molecular formula is C19H22N2O3. The number of aryl methyl sites for hydroxylation is 1. The molecule has 2 rings (SSSR count). The standard InChI is InChI=1S/C19H22N2O3/c1-24-19(23)16-9-11-17(12-10-16)21-14-18(22)20-13-5-8-15-6-3-2-4-7-15/h2-4,6-7,9-12,21H,5,8,13-14H2,1H3,(H,20,22). The summed E-state index contributed by atoms with van der Waals surface area (Å²) in [5.74, 6) is -0.433. The Balaban J connectivity index is 1.65. The number of esters is 1. The van der Waals surface area contributed by atoms with Gasteiger partial charge in [0.15, 0.2) is 0 Å². The third-order valence-electron chi connectivity index (χ3n) is 3.57. The first-order valence-electron chi connectivity index (χ1n) is 7.92. The fourth-order valence-corrected chi connectivity index (χ4v) is 2.25. The van der Waals surface area contributed by atoms with E-state index < -0.39 is 0 Å². The molecule has 0 aliphatic rings. The zero-order valence-corrected chi connectivity index (χ0v) is 13.7. The molecule has 2 aromatic rings. The molecule has 0 saturated carbocycles. The molecule has 2 N–H and O–H groups in total. The van der Waals surface area contributed by atoms with Crippen molar-refractivity contribution in [2.45, 2.75) is 12.8 Å². The quantitative estimate of drug-likeness (QED) is 0.578. The zero-order chi connectivity index (χ0) is 17.2. The maximum Gasteiger partial charge on any atom is 0.337 e. The highest BCUT2D eigenvalue weighted by Crippen LogP contribution is 2.10. The van der Waals surface area contributed by atoms with E-state index >= 15 is 0 Å². The van der Waals surface area contributed by atoms with Gasteiger partial charge < -0.3 is 15.4 Å². The van der Waals surface area contributed by atoms with Crippen molar-refractivity contribution in [3.63, 3.8) is 0 Å². The second-order valence-electron chi connectivity index (χ2n) is 5.36. The number of carbonyl (C=O) groups is 2. The second-order valence-corrected chi connectivity index (χ2v) is 5.36. The van der Waals surface area contributed by atoms with Gasteiger partial charge in [-0.25, -0.2) is 4.79 Å². The molecule has 0 atom stereocenters. The Bertz CT molecular complexity index is 654. The molecule has 0 radical (unpaired) electrons. The molecule has 5 nitrogen and oxygen atoms in total. The summed E-state index contributed by atoms with van der Waals surface area (Å²) in [6.45, 7) is 0.847. The van der Waals surface area contributed by atoms with Crippen LogP contribution >= 0.6 is 0 Å². The summed E-state index contributed by atoms with van der Waals surface area (Å²) in [7, 11) is 1.34. The van der Waals surface area contributed by atoms with E-state index in [2.05, 4.69) is 27.5 Å². The fraction of sp³-hybridized carbons (Fsp3) is 0.263. The molecule has 0 bridgehead atoms. The Kier molecular flexibility index (Phi) is 6.83. The van der Waals surface area contributed by atoms with Gasteiger partial charge in [0.25, 0.3) is 0 Å². The molecule has 126 valence electrons. The number of hydrogen-bond acceptors (Lipinski definition) is 4. The summed E-state index contributed by atoms with van der Waals surface area (Å²) in [6.07, 6.45) is 1.85. The highest BCUT2D eigenvalue weighted by atomic mass is 16.5. The van der Waals surface area contributed by atoms with Gasteiger partial charge in [0.05, 0.1) is 19.2 Å². The van der Waals surface area contributed by atoms with Crippen LogP contribution in [0.25, 0.3) is 0 Å². The molecular weight excluding hydrogens is 304 g/mol. The van der Waals surface area contributed by atoms with Crippen LogP contribution in [-0.2, 0) is 16.0 Å². The predicted molar refractivity (Wildman–Crippen MR) is 94.0 cm³/mol. The molecule has 0 aliphatic carbocycles. The van der Waals surface area contributed by atoms with E-state index in [1.807, 2.05) is 18.2 Å². The Morgan fingerprint density at radius 1 is 1.00 bits per heavy atom. The van der Waals surface area contributed by atoms with Crippen LogP contribution in [-0.4, -0.2) is 32.1 Å². The normalized spacial score (nSPS) is 10.0. The average Bonchev–Trinajstić information content (AvgIpc) is 2.64. The van der Waals surface area contributed by atoms with Crippen molar-refractivity contribution in [1.82, 2.24) is 5.32 Å². The summed E-state index contributed by atoms with van der Waals surface area (Å²) in [5.41, 5.74) is 2.53. The van der Waals surface area contributed by atoms with Crippen LogP contribution in [0.15, 0.2) is 54.6 Å². The minimum absolute atomic E-state index is 0.0555. The van der Waals surface area contributed by atoms with E-state index in [1.165, 1.54) is 12.7 Å². The largest absolute Gasteiger partial charge is 0.465 e. The number of rotatable bonds is 8. The summed E-state index contributed by atoms with van der Waals surface area (Å²) < 4.78 is 4.64. The summed E-state index contributed by atoms with van der Waals surface area (Å²) in [4.78, 5) is 23.1. The lowest BCUT2D eigenvalue weighted by Crippen LogP contribution is -2.30. The van der Waals surface area contributed by atoms with Crippen LogP contribution in [0, 0.1) is 0 Å². The maximum absolute atomic E-state index is 11.8. The van der Waals surface area contributed by atoms with Crippen molar-refractivity contribution in [2.24, 2.45) is 0 Å². The van der Waals surface area contributed by atoms with E-state index in [9.17, 15) is 9.59 Å². The highest BCUT2D eigenvalue weighted by Gasteiger charge is 2.05. The number of methoxy groups -OCH3 is 1. The van der Waals surface area contributed by atoms with E-state index in [0.29, 0.717) is 12.1 Å². The van der Waals surface area contributed by atoms with Crippen LogP contribution in [0.2, 0.25) is 0 Å². The van der Waals surface area contributed by atoms with E-state index in [-0.39, 0.29) is 18.4 Å². The molecule has 5 heteroatoms. The van der Waals surface area contributed by atoms with Crippen molar-refractivity contribution in [3.8, 4) is 0 Å². The Hall–Kier alpha value is -2.82. The average molecular weight is 326 g/mol. The van der Waals surface area contributed by atoms with Crippen molar-refractivity contribution in [1.29, 1.82) is 0 Å². The summed E-state index contributed by atoms with van der Waals surface area (Å²) in [5, 5.41) is 5.91. The van der Waals surface area contributed by atoms with Gasteiger partial charge in [0.2, 0.25) is 5.91 Å². The number of hydrogen-bond donors (Lipinski definition) is 2. The summed E-state index contributed by atoms with van der Waals surface area (Å²) >= 11 is 0. The van der Waals surface area contributed by atoms with Gasteiger partial charge in [0.1, 0.15) is 0 Å². The molecule has 0 aliphatic heterocycles. The van der Waals surface area contributed by atoms with Crippen LogP contribution in [0.5, 0.6) is 0 Å². The molecule has 0 aromatic heterocycles. The third-order valence-corrected chi connectivity index (χ3v) is 3.57. The highest BCUT2D eigenvalue weighted by molar-refractivity contribution is 5.89. The van der Waals surface area contributed by atoms with Crippen molar-refractivity contribution in [2.75, 3.05) is 25.5 Å². The minimum Gasteiger partial charge on any atom is -0.465 e. The predicted octanol–water partition coefficient (Wildman–Crippen LogP) is 2.63. The first kappa shape index (κ1) is 17.5. The number of anilines is 1. The molecule has 2 aromatic carbocycles. The number of amides is 1. The van der Waals surface area contributed by atoms with Crippen LogP contribution in [0.4, 0.5) is 5.69 Å². The van der Waals surface area contributed by atoms with Gasteiger partial charge in [-0.05, 0) is 42.7 Å². The molecule has 0 saturated heterocycles. The van der Waals surface area contributed by atoms with Crippen LogP contribution in [0.1, 0.15) is 22.3 Å². The number of nitrogens with one attached hydrogen (secondary N) is 2. The Morgan fingerprint density at radius 3 is 2.38 bits per heavy atom. The van der Waals surface area contributed by atoms with Gasteiger partial charge in [-0.3, -0.25) is 4.79 Å². The maximum atomic E-state index is 11.8. The number of carbonyl (C=O) groups excluding carboxylic acids is 2. The van der Waals surface area contributed by atoms with E-state index in [1.54, 1.807) is 24.3 Å². The Labute approximate surface area is 142 Å². The van der Waals surface area contributed by atoms with Crippen LogP contribution in [0.3, 0.4) is 0 Å². The van der Waals surface area contributed by atoms with E-state index in [0.717, 1.165) is 18.5 Å². The molecule has 1 amide bonds. The van der Waals surface area contributed by atoms with Gasteiger partial charge in [-0.1, -0.05) is 30.3 Å². The summed E-state index contributed by atoms with van der Waals surface area (Å²) in [6, 6.07) is 17.0.